The zero-order chi connectivity index (χ0) is 11.6. The van der Waals surface area contributed by atoms with E-state index >= 15 is 0 Å². The lowest BCUT2D eigenvalue weighted by molar-refractivity contribution is -0.136. The predicted octanol–water partition coefficient (Wildman–Crippen LogP) is 2.78. The van der Waals surface area contributed by atoms with Crippen molar-refractivity contribution in [3.8, 4) is 0 Å². The van der Waals surface area contributed by atoms with Gasteiger partial charge >= 0.3 is 0 Å². The fourth-order valence-corrected chi connectivity index (χ4v) is 3.59. The minimum atomic E-state index is 0.330. The average Bonchev–Trinajstić information content (AvgIpc) is 2.29. The summed E-state index contributed by atoms with van der Waals surface area (Å²) in [5.41, 5.74) is 0.467. The van der Waals surface area contributed by atoms with E-state index in [4.69, 9.17) is 0 Å². The maximum atomic E-state index is 12.3. The summed E-state index contributed by atoms with van der Waals surface area (Å²) in [5.74, 6) is 3.03. The van der Waals surface area contributed by atoms with Crippen molar-refractivity contribution in [3.63, 3.8) is 0 Å². The minimum Gasteiger partial charge on any atom is -0.341 e. The van der Waals surface area contributed by atoms with Gasteiger partial charge in [-0.05, 0) is 31.1 Å². The Morgan fingerprint density at radius 2 is 1.75 bits per heavy atom. The highest BCUT2D eigenvalue weighted by Crippen LogP contribution is 2.38. The highest BCUT2D eigenvalue weighted by atomic mass is 32.2. The van der Waals surface area contributed by atoms with Crippen LogP contribution in [0.2, 0.25) is 0 Å². The Morgan fingerprint density at radius 1 is 1.19 bits per heavy atom. The van der Waals surface area contributed by atoms with Crippen molar-refractivity contribution >= 4 is 17.7 Å². The van der Waals surface area contributed by atoms with Crippen molar-refractivity contribution in [1.82, 2.24) is 4.90 Å². The van der Waals surface area contributed by atoms with E-state index in [1.807, 2.05) is 11.8 Å². The average molecular weight is 241 g/mol. The summed E-state index contributed by atoms with van der Waals surface area (Å²) in [7, 11) is 0. The standard InChI is InChI=1S/C13H23NOS/c1-13(2)5-3-11(4-6-13)12(15)14-7-9-16-10-8-14/h11H,3-10H2,1-2H3. The lowest BCUT2D eigenvalue weighted by Crippen LogP contribution is -2.43. The number of rotatable bonds is 1. The summed E-state index contributed by atoms with van der Waals surface area (Å²) >= 11 is 1.97. The Bertz CT molecular complexity index is 249. The van der Waals surface area contributed by atoms with Crippen LogP contribution < -0.4 is 0 Å². The van der Waals surface area contributed by atoms with Crippen molar-refractivity contribution in [1.29, 1.82) is 0 Å². The van der Waals surface area contributed by atoms with Crippen LogP contribution in [0.15, 0.2) is 0 Å². The molecule has 16 heavy (non-hydrogen) atoms. The molecule has 3 heteroatoms. The van der Waals surface area contributed by atoms with Crippen LogP contribution in [0, 0.1) is 11.3 Å². The smallest absolute Gasteiger partial charge is 0.225 e. The molecule has 0 N–H and O–H groups in total. The molecule has 1 aliphatic carbocycles. The van der Waals surface area contributed by atoms with Crippen molar-refractivity contribution in [3.05, 3.63) is 0 Å². The molecule has 2 aliphatic rings. The van der Waals surface area contributed by atoms with Gasteiger partial charge in [0.05, 0.1) is 0 Å². The fraction of sp³-hybridized carbons (Fsp3) is 0.923. The first-order valence-electron chi connectivity index (χ1n) is 6.45. The van der Waals surface area contributed by atoms with E-state index in [0.29, 0.717) is 17.2 Å². The van der Waals surface area contributed by atoms with E-state index in [1.165, 1.54) is 12.8 Å². The molecule has 1 heterocycles. The van der Waals surface area contributed by atoms with E-state index in [-0.39, 0.29) is 0 Å². The second-order valence-corrected chi connectivity index (χ2v) is 7.10. The third kappa shape index (κ3) is 2.93. The third-order valence-corrected chi connectivity index (χ3v) is 4.95. The van der Waals surface area contributed by atoms with Crippen LogP contribution in [0.3, 0.4) is 0 Å². The molecule has 2 fully saturated rings. The molecule has 2 nitrogen and oxygen atoms in total. The molecular formula is C13H23NOS. The molecule has 0 atom stereocenters. The molecular weight excluding hydrogens is 218 g/mol. The van der Waals surface area contributed by atoms with Gasteiger partial charge in [0.2, 0.25) is 5.91 Å². The molecule has 1 aliphatic heterocycles. The number of thioether (sulfide) groups is 1. The van der Waals surface area contributed by atoms with E-state index in [9.17, 15) is 4.79 Å². The second kappa shape index (κ2) is 4.99. The van der Waals surface area contributed by atoms with Crippen molar-refractivity contribution < 1.29 is 4.79 Å². The quantitative estimate of drug-likeness (QED) is 0.703. The number of hydrogen-bond donors (Lipinski definition) is 0. The normalized spacial score (nSPS) is 26.8. The molecule has 0 aromatic rings. The summed E-state index contributed by atoms with van der Waals surface area (Å²) in [4.78, 5) is 14.4. The number of carbonyl (C=O) groups excluding carboxylic acids is 1. The molecule has 1 saturated heterocycles. The molecule has 0 radical (unpaired) electrons. The number of nitrogens with zero attached hydrogens (tertiary/aromatic N) is 1. The van der Waals surface area contributed by atoms with Gasteiger partial charge in [0, 0.05) is 30.5 Å². The van der Waals surface area contributed by atoms with Crippen molar-refractivity contribution in [2.75, 3.05) is 24.6 Å². The van der Waals surface area contributed by atoms with Gasteiger partial charge in [-0.25, -0.2) is 0 Å². The maximum absolute atomic E-state index is 12.3. The van der Waals surface area contributed by atoms with Crippen LogP contribution in [-0.4, -0.2) is 35.4 Å². The molecule has 0 aromatic carbocycles. The third-order valence-electron chi connectivity index (χ3n) is 4.01. The van der Waals surface area contributed by atoms with Crippen LogP contribution in [0.1, 0.15) is 39.5 Å². The zero-order valence-electron chi connectivity index (χ0n) is 10.5. The Labute approximate surface area is 103 Å². The Kier molecular flexibility index (Phi) is 3.83. The fourth-order valence-electron chi connectivity index (χ4n) is 2.69. The Balaban J connectivity index is 1.86. The number of hydrogen-bond acceptors (Lipinski definition) is 2. The lowest BCUT2D eigenvalue weighted by atomic mass is 9.73. The van der Waals surface area contributed by atoms with Crippen LogP contribution in [-0.2, 0) is 4.79 Å². The predicted molar refractivity (Wildman–Crippen MR) is 69.6 cm³/mol. The summed E-state index contributed by atoms with van der Waals surface area (Å²) < 4.78 is 0. The summed E-state index contributed by atoms with van der Waals surface area (Å²) in [6, 6.07) is 0. The zero-order valence-corrected chi connectivity index (χ0v) is 11.3. The Morgan fingerprint density at radius 3 is 2.31 bits per heavy atom. The Hall–Kier alpha value is -0.180. The van der Waals surface area contributed by atoms with Gasteiger partial charge in [0.1, 0.15) is 0 Å². The topological polar surface area (TPSA) is 20.3 Å². The molecule has 0 bridgehead atoms. The SMILES string of the molecule is CC1(C)CCC(C(=O)N2CCSCC2)CC1. The number of carbonyl (C=O) groups is 1. The van der Waals surface area contributed by atoms with Gasteiger partial charge in [-0.1, -0.05) is 13.8 Å². The van der Waals surface area contributed by atoms with Crippen molar-refractivity contribution in [2.45, 2.75) is 39.5 Å². The van der Waals surface area contributed by atoms with E-state index < -0.39 is 0 Å². The lowest BCUT2D eigenvalue weighted by Gasteiger charge is -2.37. The second-order valence-electron chi connectivity index (χ2n) is 5.88. The summed E-state index contributed by atoms with van der Waals surface area (Å²) in [6.07, 6.45) is 4.64. The van der Waals surface area contributed by atoms with Gasteiger partial charge in [-0.2, -0.15) is 11.8 Å². The first-order valence-corrected chi connectivity index (χ1v) is 7.60. The molecule has 92 valence electrons. The van der Waals surface area contributed by atoms with Gasteiger partial charge in [-0.15, -0.1) is 0 Å². The maximum Gasteiger partial charge on any atom is 0.225 e. The molecule has 0 spiro atoms. The first-order chi connectivity index (χ1) is 7.58. The highest BCUT2D eigenvalue weighted by molar-refractivity contribution is 7.99. The van der Waals surface area contributed by atoms with E-state index in [1.54, 1.807) is 0 Å². The summed E-state index contributed by atoms with van der Waals surface area (Å²) in [6.45, 7) is 6.60. The highest BCUT2D eigenvalue weighted by Gasteiger charge is 2.32. The number of amides is 1. The monoisotopic (exact) mass is 241 g/mol. The van der Waals surface area contributed by atoms with Gasteiger partial charge in [0.25, 0.3) is 0 Å². The van der Waals surface area contributed by atoms with E-state index in [0.717, 1.165) is 37.4 Å². The summed E-state index contributed by atoms with van der Waals surface area (Å²) in [5, 5.41) is 0. The van der Waals surface area contributed by atoms with Crippen molar-refractivity contribution in [2.24, 2.45) is 11.3 Å². The van der Waals surface area contributed by atoms with Gasteiger partial charge < -0.3 is 4.90 Å². The van der Waals surface area contributed by atoms with Crippen LogP contribution in [0.5, 0.6) is 0 Å². The van der Waals surface area contributed by atoms with E-state index in [2.05, 4.69) is 18.7 Å². The largest absolute Gasteiger partial charge is 0.341 e. The molecule has 0 unspecified atom stereocenters. The molecule has 0 aromatic heterocycles. The minimum absolute atomic E-state index is 0.330. The van der Waals surface area contributed by atoms with Gasteiger partial charge in [0.15, 0.2) is 0 Å². The molecule has 1 amide bonds. The molecule has 2 rings (SSSR count). The van der Waals surface area contributed by atoms with Crippen LogP contribution >= 0.6 is 11.8 Å². The first kappa shape index (κ1) is 12.3. The van der Waals surface area contributed by atoms with Gasteiger partial charge in [-0.3, -0.25) is 4.79 Å². The van der Waals surface area contributed by atoms with Crippen LogP contribution in [0.25, 0.3) is 0 Å². The van der Waals surface area contributed by atoms with Crippen LogP contribution in [0.4, 0.5) is 0 Å². The molecule has 1 saturated carbocycles.